The molecule has 110 valence electrons. The maximum atomic E-state index is 5.74. The Morgan fingerprint density at radius 2 is 1.86 bits per heavy atom. The van der Waals surface area contributed by atoms with Crippen molar-refractivity contribution in [2.45, 2.75) is 6.54 Å². The highest BCUT2D eigenvalue weighted by atomic mass is 35.5. The van der Waals surface area contributed by atoms with Gasteiger partial charge in [-0.1, -0.05) is 17.7 Å². The van der Waals surface area contributed by atoms with Crippen molar-refractivity contribution in [1.29, 1.82) is 0 Å². The van der Waals surface area contributed by atoms with Crippen LogP contribution in [0.25, 0.3) is 0 Å². The number of pyridine rings is 1. The summed E-state index contributed by atoms with van der Waals surface area (Å²) in [6.45, 7) is 3.93. The molecule has 0 aliphatic carbocycles. The van der Waals surface area contributed by atoms with Crippen LogP contribution in [0.1, 0.15) is 5.56 Å². The molecule has 0 spiro atoms. The van der Waals surface area contributed by atoms with Gasteiger partial charge in [0.05, 0.1) is 30.6 Å². The van der Waals surface area contributed by atoms with Gasteiger partial charge in [0, 0.05) is 25.8 Å². The summed E-state index contributed by atoms with van der Waals surface area (Å²) >= 11 is 5.74. The van der Waals surface area contributed by atoms with Gasteiger partial charge in [-0.2, -0.15) is 0 Å². The zero-order valence-electron chi connectivity index (χ0n) is 11.5. The standard InChI is InChI=1S/C14H16ClN5O/c15-12-9-18-14(19-10-12)17-8-11-1-2-13(16-7-11)20-3-5-21-6-4-20/h1-2,7,9-10H,3-6,8H2,(H,17,18,19). The van der Waals surface area contributed by atoms with E-state index in [0.29, 0.717) is 17.5 Å². The highest BCUT2D eigenvalue weighted by Gasteiger charge is 2.11. The quantitative estimate of drug-likeness (QED) is 0.932. The predicted octanol–water partition coefficient (Wildman–Crippen LogP) is 1.97. The zero-order valence-corrected chi connectivity index (χ0v) is 12.3. The lowest BCUT2D eigenvalue weighted by Crippen LogP contribution is -2.36. The summed E-state index contributed by atoms with van der Waals surface area (Å²) in [4.78, 5) is 14.9. The molecule has 2 aromatic heterocycles. The van der Waals surface area contributed by atoms with Gasteiger partial charge in [-0.3, -0.25) is 0 Å². The molecule has 2 aromatic rings. The van der Waals surface area contributed by atoms with Crippen LogP contribution in [0.15, 0.2) is 30.7 Å². The maximum Gasteiger partial charge on any atom is 0.222 e. The third kappa shape index (κ3) is 3.80. The molecule has 0 amide bonds. The molecule has 3 rings (SSSR count). The van der Waals surface area contributed by atoms with Crippen molar-refractivity contribution in [2.24, 2.45) is 0 Å². The SMILES string of the molecule is Clc1cnc(NCc2ccc(N3CCOCC3)nc2)nc1. The molecule has 7 heteroatoms. The fraction of sp³-hybridized carbons (Fsp3) is 0.357. The van der Waals surface area contributed by atoms with Crippen LogP contribution in [0.4, 0.5) is 11.8 Å². The van der Waals surface area contributed by atoms with Crippen molar-refractivity contribution in [3.05, 3.63) is 41.3 Å². The lowest BCUT2D eigenvalue weighted by molar-refractivity contribution is 0.122. The molecule has 1 saturated heterocycles. The summed E-state index contributed by atoms with van der Waals surface area (Å²) in [5.41, 5.74) is 1.07. The Morgan fingerprint density at radius 1 is 1.10 bits per heavy atom. The molecular formula is C14H16ClN5O. The average Bonchev–Trinajstić information content (AvgIpc) is 2.56. The van der Waals surface area contributed by atoms with Crippen LogP contribution in [0.5, 0.6) is 0 Å². The van der Waals surface area contributed by atoms with Gasteiger partial charge in [0.2, 0.25) is 5.95 Å². The molecule has 1 fully saturated rings. The number of aromatic nitrogens is 3. The number of nitrogens with zero attached hydrogens (tertiary/aromatic N) is 4. The van der Waals surface area contributed by atoms with E-state index in [1.165, 1.54) is 0 Å². The van der Waals surface area contributed by atoms with E-state index in [1.54, 1.807) is 12.4 Å². The number of hydrogen-bond donors (Lipinski definition) is 1. The Balaban J connectivity index is 1.57. The highest BCUT2D eigenvalue weighted by Crippen LogP contribution is 2.13. The Hall–Kier alpha value is -1.92. The summed E-state index contributed by atoms with van der Waals surface area (Å²) in [6.07, 6.45) is 5.00. The van der Waals surface area contributed by atoms with Crippen LogP contribution < -0.4 is 10.2 Å². The molecule has 21 heavy (non-hydrogen) atoms. The molecule has 0 atom stereocenters. The van der Waals surface area contributed by atoms with Gasteiger partial charge in [0.1, 0.15) is 5.82 Å². The van der Waals surface area contributed by atoms with E-state index >= 15 is 0 Å². The van der Waals surface area contributed by atoms with Crippen molar-refractivity contribution in [1.82, 2.24) is 15.0 Å². The fourth-order valence-corrected chi connectivity index (χ4v) is 2.18. The lowest BCUT2D eigenvalue weighted by Gasteiger charge is -2.27. The Morgan fingerprint density at radius 3 is 2.52 bits per heavy atom. The van der Waals surface area contributed by atoms with Crippen LogP contribution in [0.3, 0.4) is 0 Å². The molecule has 0 bridgehead atoms. The minimum Gasteiger partial charge on any atom is -0.378 e. The van der Waals surface area contributed by atoms with Crippen molar-refractivity contribution >= 4 is 23.4 Å². The van der Waals surface area contributed by atoms with E-state index in [0.717, 1.165) is 37.7 Å². The van der Waals surface area contributed by atoms with Crippen molar-refractivity contribution in [3.8, 4) is 0 Å². The van der Waals surface area contributed by atoms with Crippen molar-refractivity contribution in [3.63, 3.8) is 0 Å². The molecule has 1 aliphatic rings. The zero-order chi connectivity index (χ0) is 14.5. The first kappa shape index (κ1) is 14.0. The number of anilines is 2. The molecule has 0 radical (unpaired) electrons. The lowest BCUT2D eigenvalue weighted by atomic mass is 10.2. The smallest absolute Gasteiger partial charge is 0.222 e. The number of ether oxygens (including phenoxy) is 1. The summed E-state index contributed by atoms with van der Waals surface area (Å²) in [6, 6.07) is 4.09. The molecule has 3 heterocycles. The van der Waals surface area contributed by atoms with Gasteiger partial charge >= 0.3 is 0 Å². The van der Waals surface area contributed by atoms with E-state index in [4.69, 9.17) is 16.3 Å². The molecule has 6 nitrogen and oxygen atoms in total. The van der Waals surface area contributed by atoms with Crippen molar-refractivity contribution in [2.75, 3.05) is 36.5 Å². The molecule has 1 N–H and O–H groups in total. The molecule has 1 aliphatic heterocycles. The molecule has 0 aromatic carbocycles. The molecule has 0 saturated carbocycles. The summed E-state index contributed by atoms with van der Waals surface area (Å²) in [5, 5.41) is 3.66. The minimum atomic E-state index is 0.525. The van der Waals surface area contributed by atoms with Gasteiger partial charge < -0.3 is 15.0 Å². The van der Waals surface area contributed by atoms with Gasteiger partial charge in [-0.15, -0.1) is 0 Å². The van der Waals surface area contributed by atoms with Gasteiger partial charge in [-0.25, -0.2) is 15.0 Å². The largest absolute Gasteiger partial charge is 0.378 e. The Bertz CT molecular complexity index is 569. The number of nitrogens with one attached hydrogen (secondary N) is 1. The average molecular weight is 306 g/mol. The van der Waals surface area contributed by atoms with E-state index in [9.17, 15) is 0 Å². The van der Waals surface area contributed by atoms with E-state index < -0.39 is 0 Å². The fourth-order valence-electron chi connectivity index (χ4n) is 2.09. The highest BCUT2D eigenvalue weighted by molar-refractivity contribution is 6.30. The topological polar surface area (TPSA) is 63.2 Å². The normalized spacial score (nSPS) is 15.0. The van der Waals surface area contributed by atoms with Crippen LogP contribution in [0, 0.1) is 0 Å². The van der Waals surface area contributed by atoms with Crippen LogP contribution in [-0.2, 0) is 11.3 Å². The third-order valence-corrected chi connectivity index (χ3v) is 3.41. The first-order valence-corrected chi connectivity index (χ1v) is 7.18. The first-order valence-electron chi connectivity index (χ1n) is 6.80. The van der Waals surface area contributed by atoms with Crippen LogP contribution in [-0.4, -0.2) is 41.3 Å². The van der Waals surface area contributed by atoms with Crippen LogP contribution >= 0.6 is 11.6 Å². The van der Waals surface area contributed by atoms with Crippen LogP contribution in [0.2, 0.25) is 5.02 Å². The second-order valence-corrected chi connectivity index (χ2v) is 5.14. The third-order valence-electron chi connectivity index (χ3n) is 3.22. The summed E-state index contributed by atoms with van der Waals surface area (Å²) in [7, 11) is 0. The Labute approximate surface area is 128 Å². The monoisotopic (exact) mass is 305 g/mol. The minimum absolute atomic E-state index is 0.525. The number of rotatable bonds is 4. The second kappa shape index (κ2) is 6.69. The summed E-state index contributed by atoms with van der Waals surface area (Å²) in [5.74, 6) is 1.54. The van der Waals surface area contributed by atoms with E-state index in [-0.39, 0.29) is 0 Å². The molecule has 0 unspecified atom stereocenters. The van der Waals surface area contributed by atoms with Crippen molar-refractivity contribution < 1.29 is 4.74 Å². The maximum absolute atomic E-state index is 5.74. The number of hydrogen-bond acceptors (Lipinski definition) is 6. The second-order valence-electron chi connectivity index (χ2n) is 4.70. The van der Waals surface area contributed by atoms with Gasteiger partial charge in [-0.05, 0) is 11.6 Å². The number of halogens is 1. The van der Waals surface area contributed by atoms with E-state index in [1.807, 2.05) is 12.3 Å². The van der Waals surface area contributed by atoms with E-state index in [2.05, 4.69) is 31.2 Å². The first-order chi connectivity index (χ1) is 10.3. The Kier molecular flexibility index (Phi) is 4.47. The summed E-state index contributed by atoms with van der Waals surface area (Å²) < 4.78 is 5.34. The molecular weight excluding hydrogens is 290 g/mol. The van der Waals surface area contributed by atoms with Gasteiger partial charge in [0.15, 0.2) is 0 Å². The number of morpholine rings is 1. The predicted molar refractivity (Wildman–Crippen MR) is 81.6 cm³/mol. The van der Waals surface area contributed by atoms with Gasteiger partial charge in [0.25, 0.3) is 0 Å².